The minimum absolute atomic E-state index is 0.0966. The van der Waals surface area contributed by atoms with Crippen molar-refractivity contribution in [3.8, 4) is 11.3 Å². The monoisotopic (exact) mass is 524 g/mol. The minimum Gasteiger partial charge on any atom is -0.481 e. The van der Waals surface area contributed by atoms with E-state index in [9.17, 15) is 24.3 Å². The first kappa shape index (κ1) is 27.0. The molecule has 4 N–H and O–H groups in total. The topological polar surface area (TPSA) is 172 Å². The summed E-state index contributed by atoms with van der Waals surface area (Å²) in [6.07, 6.45) is 1.96. The highest BCUT2D eigenvalue weighted by Crippen LogP contribution is 2.28. The molecule has 2 heterocycles. The number of nitrogens with one attached hydrogen (secondary N) is 1. The summed E-state index contributed by atoms with van der Waals surface area (Å²) in [5.41, 5.74) is 6.17. The summed E-state index contributed by atoms with van der Waals surface area (Å²) in [6.45, 7) is 1.32. The van der Waals surface area contributed by atoms with Crippen LogP contribution in [0.25, 0.3) is 11.3 Å². The minimum atomic E-state index is -0.834. The molecule has 2 aliphatic rings. The molecule has 1 saturated heterocycles. The number of hydrogen-bond donors (Lipinski definition) is 3. The number of nitrogens with two attached hydrogens (primary N) is 1. The molecular formula is C26H32N6O6. The Morgan fingerprint density at radius 2 is 1.76 bits per heavy atom. The van der Waals surface area contributed by atoms with Crippen molar-refractivity contribution in [3.05, 3.63) is 51.8 Å². The highest BCUT2D eigenvalue weighted by atomic mass is 16.5. The molecule has 38 heavy (non-hydrogen) atoms. The van der Waals surface area contributed by atoms with Gasteiger partial charge in [0, 0.05) is 37.3 Å². The van der Waals surface area contributed by atoms with E-state index < -0.39 is 23.4 Å². The highest BCUT2D eigenvalue weighted by molar-refractivity contribution is 5.96. The number of carbonyl (C=O) groups excluding carboxylic acids is 2. The van der Waals surface area contributed by atoms with Crippen molar-refractivity contribution in [2.24, 2.45) is 11.7 Å². The van der Waals surface area contributed by atoms with Crippen LogP contribution in [0.5, 0.6) is 0 Å². The van der Waals surface area contributed by atoms with Gasteiger partial charge >= 0.3 is 5.97 Å². The quantitative estimate of drug-likeness (QED) is 0.352. The van der Waals surface area contributed by atoms with Crippen LogP contribution in [0.4, 0.5) is 0 Å². The van der Waals surface area contributed by atoms with Gasteiger partial charge in [0.1, 0.15) is 17.9 Å². The Kier molecular flexibility index (Phi) is 8.20. The van der Waals surface area contributed by atoms with Crippen molar-refractivity contribution in [1.29, 1.82) is 5.41 Å². The summed E-state index contributed by atoms with van der Waals surface area (Å²) in [7, 11) is 1.61. The Bertz CT molecular complexity index is 1280. The first-order valence-corrected chi connectivity index (χ1v) is 12.6. The second-order valence-corrected chi connectivity index (χ2v) is 9.65. The lowest BCUT2D eigenvalue weighted by molar-refractivity contribution is -0.143. The van der Waals surface area contributed by atoms with Crippen LogP contribution < -0.4 is 11.3 Å². The Hall–Kier alpha value is -4.06. The molecule has 12 heteroatoms. The van der Waals surface area contributed by atoms with Gasteiger partial charge in [-0.25, -0.2) is 4.68 Å². The van der Waals surface area contributed by atoms with E-state index >= 15 is 0 Å². The molecule has 2 fully saturated rings. The fourth-order valence-electron chi connectivity index (χ4n) is 4.87. The standard InChI is InChI=1S/C26H32N6O6/c1-30(19-8-6-18(7-9-19)26(36)37)24(34)20-14-21(16-2-4-17(5-3-16)23(27)28)29-32(25(20)35)15-22(33)31-10-12-38-13-11-31/h2-5,14,18-19H,6-13,15H2,1H3,(H3,27,28)(H,36,37)/t18-,19-. The van der Waals surface area contributed by atoms with Crippen molar-refractivity contribution < 1.29 is 24.2 Å². The number of nitrogen functional groups attached to an aromatic ring is 1. The zero-order chi connectivity index (χ0) is 27.4. The van der Waals surface area contributed by atoms with Crippen LogP contribution in [0.1, 0.15) is 41.6 Å². The Morgan fingerprint density at radius 3 is 2.34 bits per heavy atom. The highest BCUT2D eigenvalue weighted by Gasteiger charge is 2.31. The third-order valence-corrected chi connectivity index (χ3v) is 7.26. The van der Waals surface area contributed by atoms with E-state index in [0.717, 1.165) is 4.68 Å². The van der Waals surface area contributed by atoms with Crippen LogP contribution in [0, 0.1) is 11.3 Å². The molecule has 4 rings (SSSR count). The largest absolute Gasteiger partial charge is 0.481 e. The molecule has 1 aliphatic heterocycles. The van der Waals surface area contributed by atoms with E-state index in [1.165, 1.54) is 11.0 Å². The predicted molar refractivity (Wildman–Crippen MR) is 138 cm³/mol. The molecule has 2 amide bonds. The maximum Gasteiger partial charge on any atom is 0.306 e. The van der Waals surface area contributed by atoms with Crippen molar-refractivity contribution in [3.63, 3.8) is 0 Å². The summed E-state index contributed by atoms with van der Waals surface area (Å²) in [5.74, 6) is -2.17. The molecule has 0 radical (unpaired) electrons. The summed E-state index contributed by atoms with van der Waals surface area (Å²) in [6, 6.07) is 7.87. The lowest BCUT2D eigenvalue weighted by atomic mass is 9.85. The fourth-order valence-corrected chi connectivity index (χ4v) is 4.87. The van der Waals surface area contributed by atoms with Crippen LogP contribution in [0.2, 0.25) is 0 Å². The lowest BCUT2D eigenvalue weighted by Crippen LogP contribution is -2.45. The summed E-state index contributed by atoms with van der Waals surface area (Å²) in [4.78, 5) is 54.3. The van der Waals surface area contributed by atoms with Crippen LogP contribution in [-0.4, -0.2) is 87.7 Å². The van der Waals surface area contributed by atoms with Crippen LogP contribution >= 0.6 is 0 Å². The fraction of sp³-hybridized carbons (Fsp3) is 0.462. The lowest BCUT2D eigenvalue weighted by Gasteiger charge is -2.33. The number of morpholine rings is 1. The molecule has 1 aromatic carbocycles. The Balaban J connectivity index is 1.66. The predicted octanol–water partition coefficient (Wildman–Crippen LogP) is 0.769. The molecule has 0 atom stereocenters. The molecule has 0 bridgehead atoms. The number of benzene rings is 1. The van der Waals surface area contributed by atoms with Gasteiger partial charge in [-0.2, -0.15) is 5.10 Å². The number of aromatic nitrogens is 2. The second kappa shape index (κ2) is 11.5. The second-order valence-electron chi connectivity index (χ2n) is 9.65. The summed E-state index contributed by atoms with van der Waals surface area (Å²) in [5, 5.41) is 21.3. The maximum absolute atomic E-state index is 13.6. The molecule has 0 unspecified atom stereocenters. The van der Waals surface area contributed by atoms with Crippen molar-refractivity contribution in [1.82, 2.24) is 19.6 Å². The SMILES string of the molecule is CN(C(=O)c1cc(-c2ccc(C(=N)N)cc2)nn(CC(=O)N2CCOCC2)c1=O)[C@H]1CC[C@H](C(=O)O)CC1. The molecular weight excluding hydrogens is 492 g/mol. The van der Waals surface area contributed by atoms with Gasteiger partial charge in [0.25, 0.3) is 11.5 Å². The van der Waals surface area contributed by atoms with Crippen LogP contribution in [0.15, 0.2) is 35.1 Å². The Morgan fingerprint density at radius 1 is 1.13 bits per heavy atom. The van der Waals surface area contributed by atoms with Crippen molar-refractivity contribution in [2.45, 2.75) is 38.3 Å². The maximum atomic E-state index is 13.6. The zero-order valence-corrected chi connectivity index (χ0v) is 21.3. The van der Waals surface area contributed by atoms with Gasteiger partial charge in [0.05, 0.1) is 24.8 Å². The molecule has 1 aromatic heterocycles. The first-order chi connectivity index (χ1) is 18.2. The van der Waals surface area contributed by atoms with Gasteiger partial charge in [-0.15, -0.1) is 0 Å². The van der Waals surface area contributed by atoms with Crippen LogP contribution in [-0.2, 0) is 20.9 Å². The average Bonchev–Trinajstić information content (AvgIpc) is 2.93. The van der Waals surface area contributed by atoms with Gasteiger partial charge in [-0.05, 0) is 31.7 Å². The number of ether oxygens (including phenoxy) is 1. The number of hydrogen-bond acceptors (Lipinski definition) is 7. The third kappa shape index (κ3) is 5.91. The summed E-state index contributed by atoms with van der Waals surface area (Å²) < 4.78 is 6.32. The Labute approximate surface area is 219 Å². The molecule has 0 spiro atoms. The number of aliphatic carboxylic acids is 1. The average molecular weight is 525 g/mol. The van der Waals surface area contributed by atoms with Crippen molar-refractivity contribution in [2.75, 3.05) is 33.4 Å². The van der Waals surface area contributed by atoms with E-state index in [-0.39, 0.29) is 29.9 Å². The van der Waals surface area contributed by atoms with E-state index in [1.807, 2.05) is 0 Å². The molecule has 2 aromatic rings. The number of carboxylic acids is 1. The number of carbonyl (C=O) groups is 3. The molecule has 12 nitrogen and oxygen atoms in total. The van der Waals surface area contributed by atoms with Crippen molar-refractivity contribution >= 4 is 23.6 Å². The normalized spacial score (nSPS) is 19.6. The summed E-state index contributed by atoms with van der Waals surface area (Å²) >= 11 is 0. The first-order valence-electron chi connectivity index (χ1n) is 12.6. The number of rotatable bonds is 7. The van der Waals surface area contributed by atoms with E-state index in [1.54, 1.807) is 36.2 Å². The number of amidine groups is 1. The van der Waals surface area contributed by atoms with E-state index in [2.05, 4.69) is 5.10 Å². The van der Waals surface area contributed by atoms with Gasteiger partial charge < -0.3 is 25.4 Å². The number of carboxylic acid groups (broad SMARTS) is 1. The van der Waals surface area contributed by atoms with E-state index in [4.69, 9.17) is 15.9 Å². The van der Waals surface area contributed by atoms with Gasteiger partial charge in [-0.1, -0.05) is 24.3 Å². The van der Waals surface area contributed by atoms with E-state index in [0.29, 0.717) is 68.8 Å². The number of nitrogens with zero attached hydrogens (tertiary/aromatic N) is 4. The zero-order valence-electron chi connectivity index (χ0n) is 21.3. The van der Waals surface area contributed by atoms with Crippen LogP contribution in [0.3, 0.4) is 0 Å². The molecule has 1 saturated carbocycles. The van der Waals surface area contributed by atoms with Gasteiger partial charge in [-0.3, -0.25) is 24.6 Å². The molecule has 1 aliphatic carbocycles. The third-order valence-electron chi connectivity index (χ3n) is 7.26. The number of amides is 2. The molecule has 202 valence electrons. The smallest absolute Gasteiger partial charge is 0.306 e. The van der Waals surface area contributed by atoms with Gasteiger partial charge in [0.15, 0.2) is 0 Å². The van der Waals surface area contributed by atoms with Gasteiger partial charge in [0.2, 0.25) is 5.91 Å².